The van der Waals surface area contributed by atoms with E-state index >= 15 is 0 Å². The van der Waals surface area contributed by atoms with E-state index < -0.39 is 0 Å². The Morgan fingerprint density at radius 3 is 2.83 bits per heavy atom. The van der Waals surface area contributed by atoms with E-state index in [1.807, 2.05) is 0 Å². The van der Waals surface area contributed by atoms with Crippen molar-refractivity contribution in [3.05, 3.63) is 22.8 Å². The predicted octanol–water partition coefficient (Wildman–Crippen LogP) is 0.759. The van der Waals surface area contributed by atoms with E-state index in [1.165, 1.54) is 6.20 Å². The van der Waals surface area contributed by atoms with E-state index in [0.717, 1.165) is 0 Å². The summed E-state index contributed by atoms with van der Waals surface area (Å²) in [5, 5.41) is 5.86. The van der Waals surface area contributed by atoms with Crippen LogP contribution in [0.25, 0.3) is 0 Å². The highest BCUT2D eigenvalue weighted by molar-refractivity contribution is 6.33. The average Bonchev–Trinajstić information content (AvgIpc) is 2.61. The lowest BCUT2D eigenvalue weighted by molar-refractivity contribution is -0.120. The summed E-state index contributed by atoms with van der Waals surface area (Å²) in [4.78, 5) is 29.7. The SMILES string of the molecule is C#CCNC(=O)CCNc1ncc(C(=O)N2CCOCC2)cc1Cl. The zero-order valence-electron chi connectivity index (χ0n) is 13.2. The number of nitrogens with zero attached hydrogens (tertiary/aromatic N) is 2. The number of rotatable bonds is 6. The third-order valence-electron chi connectivity index (χ3n) is 3.42. The number of anilines is 1. The third kappa shape index (κ3) is 5.11. The number of amides is 2. The van der Waals surface area contributed by atoms with E-state index in [9.17, 15) is 9.59 Å². The molecule has 2 N–H and O–H groups in total. The molecule has 8 heteroatoms. The minimum Gasteiger partial charge on any atom is -0.378 e. The fourth-order valence-corrected chi connectivity index (χ4v) is 2.40. The monoisotopic (exact) mass is 350 g/mol. The maximum absolute atomic E-state index is 12.3. The van der Waals surface area contributed by atoms with Gasteiger partial charge in [-0.05, 0) is 6.07 Å². The molecule has 2 amide bonds. The molecule has 2 rings (SSSR count). The van der Waals surface area contributed by atoms with Gasteiger partial charge in [-0.15, -0.1) is 6.42 Å². The van der Waals surface area contributed by atoms with Gasteiger partial charge in [0, 0.05) is 32.3 Å². The number of carbonyl (C=O) groups excluding carboxylic acids is 2. The molecule has 1 aliphatic rings. The molecular weight excluding hydrogens is 332 g/mol. The lowest BCUT2D eigenvalue weighted by Crippen LogP contribution is -2.40. The summed E-state index contributed by atoms with van der Waals surface area (Å²) in [6, 6.07) is 1.58. The van der Waals surface area contributed by atoms with E-state index in [1.54, 1.807) is 11.0 Å². The van der Waals surface area contributed by atoms with Crippen LogP contribution < -0.4 is 10.6 Å². The van der Waals surface area contributed by atoms with E-state index in [0.29, 0.717) is 49.3 Å². The lowest BCUT2D eigenvalue weighted by Gasteiger charge is -2.26. The van der Waals surface area contributed by atoms with Crippen molar-refractivity contribution >= 4 is 29.2 Å². The molecule has 1 aromatic rings. The Balaban J connectivity index is 1.88. The molecule has 0 aliphatic carbocycles. The molecule has 0 aromatic carbocycles. The van der Waals surface area contributed by atoms with Gasteiger partial charge in [0.15, 0.2) is 0 Å². The second kappa shape index (κ2) is 9.11. The zero-order valence-corrected chi connectivity index (χ0v) is 13.9. The van der Waals surface area contributed by atoms with Gasteiger partial charge < -0.3 is 20.3 Å². The Hall–Kier alpha value is -2.30. The highest BCUT2D eigenvalue weighted by atomic mass is 35.5. The number of nitrogens with one attached hydrogen (secondary N) is 2. The third-order valence-corrected chi connectivity index (χ3v) is 3.71. The quantitative estimate of drug-likeness (QED) is 0.740. The summed E-state index contributed by atoms with van der Waals surface area (Å²) >= 11 is 6.16. The van der Waals surface area contributed by atoms with Crippen LogP contribution in [0.4, 0.5) is 5.82 Å². The number of hydrogen-bond acceptors (Lipinski definition) is 5. The summed E-state index contributed by atoms with van der Waals surface area (Å²) < 4.78 is 5.23. The first-order valence-electron chi connectivity index (χ1n) is 7.58. The topological polar surface area (TPSA) is 83.6 Å². The second-order valence-corrected chi connectivity index (χ2v) is 5.52. The van der Waals surface area contributed by atoms with Gasteiger partial charge in [0.1, 0.15) is 5.82 Å². The number of terminal acetylenes is 1. The van der Waals surface area contributed by atoms with Crippen LogP contribution in [-0.4, -0.2) is 61.1 Å². The molecule has 128 valence electrons. The van der Waals surface area contributed by atoms with Gasteiger partial charge >= 0.3 is 0 Å². The minimum atomic E-state index is -0.157. The number of ether oxygens (including phenoxy) is 1. The van der Waals surface area contributed by atoms with Crippen molar-refractivity contribution in [3.63, 3.8) is 0 Å². The Morgan fingerprint density at radius 1 is 1.42 bits per heavy atom. The molecule has 1 saturated heterocycles. The summed E-state index contributed by atoms with van der Waals surface area (Å²) in [6.07, 6.45) is 6.78. The van der Waals surface area contributed by atoms with Crippen molar-refractivity contribution in [2.45, 2.75) is 6.42 Å². The second-order valence-electron chi connectivity index (χ2n) is 5.12. The molecule has 0 radical (unpaired) electrons. The first-order valence-corrected chi connectivity index (χ1v) is 7.96. The Bertz CT molecular complexity index is 639. The minimum absolute atomic E-state index is 0.118. The zero-order chi connectivity index (χ0) is 17.4. The van der Waals surface area contributed by atoms with Crippen LogP contribution in [0, 0.1) is 12.3 Å². The maximum Gasteiger partial charge on any atom is 0.255 e. The number of hydrogen-bond donors (Lipinski definition) is 2. The van der Waals surface area contributed by atoms with Crippen LogP contribution in [-0.2, 0) is 9.53 Å². The number of halogens is 1. The lowest BCUT2D eigenvalue weighted by atomic mass is 10.2. The Morgan fingerprint density at radius 2 is 2.17 bits per heavy atom. The van der Waals surface area contributed by atoms with Gasteiger partial charge in [-0.1, -0.05) is 17.5 Å². The molecule has 24 heavy (non-hydrogen) atoms. The average molecular weight is 351 g/mol. The normalized spacial score (nSPS) is 13.9. The fraction of sp³-hybridized carbons (Fsp3) is 0.438. The fourth-order valence-electron chi connectivity index (χ4n) is 2.17. The highest BCUT2D eigenvalue weighted by Gasteiger charge is 2.19. The van der Waals surface area contributed by atoms with Crippen molar-refractivity contribution < 1.29 is 14.3 Å². The first-order chi connectivity index (χ1) is 11.6. The summed E-state index contributed by atoms with van der Waals surface area (Å²) in [6.45, 7) is 2.76. The number of pyridine rings is 1. The van der Waals surface area contributed by atoms with Gasteiger partial charge in [-0.25, -0.2) is 4.98 Å². The number of carbonyl (C=O) groups is 2. The summed E-state index contributed by atoms with van der Waals surface area (Å²) in [5.41, 5.74) is 0.430. The van der Waals surface area contributed by atoms with Crippen molar-refractivity contribution in [3.8, 4) is 12.3 Å². The summed E-state index contributed by atoms with van der Waals surface area (Å²) in [7, 11) is 0. The molecule has 0 spiro atoms. The standard InChI is InChI=1S/C16H19ClN4O3/c1-2-4-18-14(22)3-5-19-15-13(17)10-12(11-20-15)16(23)21-6-8-24-9-7-21/h1,10-11H,3-9H2,(H,18,22)(H,19,20). The van der Waals surface area contributed by atoms with Crippen molar-refractivity contribution in [2.75, 3.05) is 44.7 Å². The van der Waals surface area contributed by atoms with Gasteiger partial charge in [0.25, 0.3) is 5.91 Å². The van der Waals surface area contributed by atoms with Crippen LogP contribution in [0.1, 0.15) is 16.8 Å². The van der Waals surface area contributed by atoms with Crippen molar-refractivity contribution in [1.29, 1.82) is 0 Å². The van der Waals surface area contributed by atoms with Crippen molar-refractivity contribution in [1.82, 2.24) is 15.2 Å². The van der Waals surface area contributed by atoms with Gasteiger partial charge in [-0.2, -0.15) is 0 Å². The van der Waals surface area contributed by atoms with Gasteiger partial charge in [-0.3, -0.25) is 9.59 Å². The number of aromatic nitrogens is 1. The number of morpholine rings is 1. The highest BCUT2D eigenvalue weighted by Crippen LogP contribution is 2.21. The van der Waals surface area contributed by atoms with E-state index in [-0.39, 0.29) is 24.8 Å². The molecule has 1 aliphatic heterocycles. The van der Waals surface area contributed by atoms with Gasteiger partial charge in [0.2, 0.25) is 5.91 Å². The predicted molar refractivity (Wildman–Crippen MR) is 90.9 cm³/mol. The molecule has 0 saturated carbocycles. The van der Waals surface area contributed by atoms with E-state index in [4.69, 9.17) is 22.8 Å². The molecule has 0 bridgehead atoms. The van der Waals surface area contributed by atoms with Crippen LogP contribution in [0.5, 0.6) is 0 Å². The van der Waals surface area contributed by atoms with Crippen LogP contribution in [0.3, 0.4) is 0 Å². The molecule has 0 unspecified atom stereocenters. The van der Waals surface area contributed by atoms with Crippen LogP contribution in [0.2, 0.25) is 5.02 Å². The smallest absolute Gasteiger partial charge is 0.255 e. The molecular formula is C16H19ClN4O3. The maximum atomic E-state index is 12.3. The molecule has 7 nitrogen and oxygen atoms in total. The van der Waals surface area contributed by atoms with E-state index in [2.05, 4.69) is 21.5 Å². The van der Waals surface area contributed by atoms with Crippen LogP contribution >= 0.6 is 11.6 Å². The van der Waals surface area contributed by atoms with Crippen molar-refractivity contribution in [2.24, 2.45) is 0 Å². The van der Waals surface area contributed by atoms with Gasteiger partial charge in [0.05, 0.1) is 30.3 Å². The molecule has 0 atom stereocenters. The molecule has 1 fully saturated rings. The Kier molecular flexibility index (Phi) is 6.85. The largest absolute Gasteiger partial charge is 0.378 e. The van der Waals surface area contributed by atoms with Crippen LogP contribution in [0.15, 0.2) is 12.3 Å². The first kappa shape index (κ1) is 18.0. The molecule has 1 aromatic heterocycles. The Labute approximate surface area is 145 Å². The summed E-state index contributed by atoms with van der Waals surface area (Å²) in [5.74, 6) is 2.49. The molecule has 2 heterocycles.